The van der Waals surface area contributed by atoms with Crippen molar-refractivity contribution < 1.29 is 54.2 Å². The van der Waals surface area contributed by atoms with Gasteiger partial charge in [0, 0.05) is 0 Å². The molecule has 0 rings (SSSR count). The quantitative estimate of drug-likeness (QED) is 0.243. The molecule has 10 nitrogen and oxygen atoms in total. The van der Waals surface area contributed by atoms with E-state index < -0.39 is 20.6 Å². The molecule has 0 amide bonds. The summed E-state index contributed by atoms with van der Waals surface area (Å²) in [5.74, 6) is 0. The van der Waals surface area contributed by atoms with Gasteiger partial charge in [0.25, 0.3) is 0 Å². The number of nitrogens with two attached hydrogens (primary N) is 2. The van der Waals surface area contributed by atoms with Gasteiger partial charge in [0.15, 0.2) is 20.6 Å². The van der Waals surface area contributed by atoms with Crippen LogP contribution in [-0.4, -0.2) is 38.0 Å². The van der Waals surface area contributed by atoms with Crippen molar-refractivity contribution in [3.63, 3.8) is 0 Å². The molecule has 0 heterocycles. The van der Waals surface area contributed by atoms with Gasteiger partial charge in [-0.05, 0) is 6.08 Å². The van der Waals surface area contributed by atoms with Gasteiger partial charge in [-0.25, -0.2) is 27.1 Å². The van der Waals surface area contributed by atoms with Crippen LogP contribution in [0.25, 0.3) is 0 Å². The van der Waals surface area contributed by atoms with Crippen molar-refractivity contribution >= 4 is 20.6 Å². The second-order valence-corrected chi connectivity index (χ2v) is 3.53. The van der Waals surface area contributed by atoms with E-state index in [1.165, 1.54) is 0 Å². The second kappa shape index (κ2) is 14.9. The zero-order valence-corrected chi connectivity index (χ0v) is 10.5. The van der Waals surface area contributed by atoms with Crippen LogP contribution in [0.4, 0.5) is 0 Å². The van der Waals surface area contributed by atoms with Crippen LogP contribution in [0.15, 0.2) is 12.7 Å². The molecule has 0 aliphatic carbocycles. The fraction of sp³-hybridized carbons (Fsp3) is 0.333. The van der Waals surface area contributed by atoms with Crippen LogP contribution < -0.4 is 16.0 Å². The standard InChI is InChI=1S/C3H7N.Cu.2H3NO3S.H2O/c1-2-3-4;;2*1-5(2,3)4;/h2H,1,3-4H2;;2*(H3,1,2,3,4);1H2/q;+1;;;/p-1. The van der Waals surface area contributed by atoms with Crippen molar-refractivity contribution in [1.29, 1.82) is 0 Å². The van der Waals surface area contributed by atoms with Gasteiger partial charge in [0.05, 0.1) is 6.54 Å². The third kappa shape index (κ3) is 2750. The molecule has 0 bridgehead atoms. The molecule has 0 saturated heterocycles. The molecule has 0 aromatic carbocycles. The monoisotopic (exact) mass is 331 g/mol. The molecule has 0 aromatic rings. The van der Waals surface area contributed by atoms with Crippen molar-refractivity contribution in [2.75, 3.05) is 6.54 Å². The molecular formula is C3H14CuN3O7S2. The van der Waals surface area contributed by atoms with Gasteiger partial charge in [-0.1, -0.05) is 6.58 Å². The topological polar surface area (TPSA) is 226 Å². The number of quaternary nitrogens is 1. The predicted octanol–water partition coefficient (Wildman–Crippen LogP) is -4.60. The van der Waals surface area contributed by atoms with Gasteiger partial charge in [-0.15, -0.1) is 0 Å². The third-order valence-corrected chi connectivity index (χ3v) is 0.204. The van der Waals surface area contributed by atoms with Crippen molar-refractivity contribution in [3.05, 3.63) is 12.7 Å². The maximum absolute atomic E-state index is 8.85. The Labute approximate surface area is 104 Å². The minimum Gasteiger partial charge on any atom is -0.736 e. The molecule has 16 heavy (non-hydrogen) atoms. The molecule has 0 aromatic heterocycles. The third-order valence-electron chi connectivity index (χ3n) is 0.204. The summed E-state index contributed by atoms with van der Waals surface area (Å²) in [6, 6.07) is 0. The summed E-state index contributed by atoms with van der Waals surface area (Å²) in [7, 11) is -8.83. The van der Waals surface area contributed by atoms with Gasteiger partial charge in [0.1, 0.15) is 0 Å². The fourth-order valence-electron chi connectivity index (χ4n) is 0. The fourth-order valence-corrected chi connectivity index (χ4v) is 0. The molecule has 0 radical (unpaired) electrons. The first-order valence-electron chi connectivity index (χ1n) is 2.79. The van der Waals surface area contributed by atoms with E-state index >= 15 is 0 Å². The Hall–Kier alpha value is -0.0805. The van der Waals surface area contributed by atoms with Gasteiger partial charge in [-0.2, -0.15) is 0 Å². The Morgan fingerprint density at radius 1 is 1.12 bits per heavy atom. The maximum atomic E-state index is 8.85. The molecule has 0 unspecified atom stereocenters. The molecular weight excluding hydrogens is 318 g/mol. The minimum atomic E-state index is -4.42. The Morgan fingerprint density at radius 3 is 1.19 bits per heavy atom. The largest absolute Gasteiger partial charge is 1.00 e. The number of hydrogen-bond acceptors (Lipinski definition) is 6. The van der Waals surface area contributed by atoms with Gasteiger partial charge in [-0.3, -0.25) is 0 Å². The van der Waals surface area contributed by atoms with Crippen molar-refractivity contribution in [1.82, 2.24) is 0 Å². The van der Waals surface area contributed by atoms with Crippen LogP contribution in [0.2, 0.25) is 0 Å². The van der Waals surface area contributed by atoms with Gasteiger partial charge in [0.2, 0.25) is 0 Å². The molecule has 106 valence electrons. The SMILES string of the molecule is C=CC[NH3+].NS(=O)(=O)[O-].NS(=O)(=O)[O-].O.[Cu+]. The van der Waals surface area contributed by atoms with E-state index in [2.05, 4.69) is 22.6 Å². The Balaban J connectivity index is -0.0000000358. The summed E-state index contributed by atoms with van der Waals surface area (Å²) in [5, 5.41) is 7.54. The average molecular weight is 332 g/mol. The zero-order valence-electron chi connectivity index (χ0n) is 7.92. The minimum absolute atomic E-state index is 0. The zero-order chi connectivity index (χ0) is 12.4. The summed E-state index contributed by atoms with van der Waals surface area (Å²) in [5.41, 5.74) is 3.49. The molecule has 0 aliphatic rings. The molecule has 13 heteroatoms. The van der Waals surface area contributed by atoms with Crippen molar-refractivity contribution in [2.24, 2.45) is 10.3 Å². The first-order chi connectivity index (χ1) is 5.91. The molecule has 0 spiro atoms. The average Bonchev–Trinajstić information content (AvgIpc) is 1.79. The first kappa shape index (κ1) is 29.7. The van der Waals surface area contributed by atoms with E-state index in [4.69, 9.17) is 25.9 Å². The molecule has 9 N–H and O–H groups in total. The first-order valence-corrected chi connectivity index (χ1v) is 5.73. The van der Waals surface area contributed by atoms with E-state index in [0.717, 1.165) is 6.54 Å². The van der Waals surface area contributed by atoms with Crippen LogP contribution in [0, 0.1) is 0 Å². The van der Waals surface area contributed by atoms with E-state index in [0.29, 0.717) is 0 Å². The van der Waals surface area contributed by atoms with Crippen LogP contribution >= 0.6 is 0 Å². The van der Waals surface area contributed by atoms with Gasteiger partial charge < -0.3 is 20.3 Å². The second-order valence-electron chi connectivity index (χ2n) is 1.56. The molecule has 0 aliphatic heterocycles. The summed E-state index contributed by atoms with van der Waals surface area (Å²) >= 11 is 0. The summed E-state index contributed by atoms with van der Waals surface area (Å²) in [6.07, 6.45) is 1.76. The molecule has 0 atom stereocenters. The van der Waals surface area contributed by atoms with Gasteiger partial charge >= 0.3 is 17.1 Å². The van der Waals surface area contributed by atoms with Crippen molar-refractivity contribution in [3.8, 4) is 0 Å². The Morgan fingerprint density at radius 2 is 1.19 bits per heavy atom. The molecule has 0 fully saturated rings. The van der Waals surface area contributed by atoms with E-state index in [1.54, 1.807) is 6.08 Å². The number of hydrogen-bond donors (Lipinski definition) is 3. The normalized spacial score (nSPS) is 8.81. The Kier molecular flexibility index (Phi) is 27.7. The van der Waals surface area contributed by atoms with Crippen molar-refractivity contribution in [2.45, 2.75) is 0 Å². The predicted molar refractivity (Wildman–Crippen MR) is 49.3 cm³/mol. The van der Waals surface area contributed by atoms with E-state index in [9.17, 15) is 0 Å². The van der Waals surface area contributed by atoms with Crippen LogP contribution in [0.3, 0.4) is 0 Å². The van der Waals surface area contributed by atoms with E-state index in [-0.39, 0.29) is 22.5 Å². The van der Waals surface area contributed by atoms with Crippen LogP contribution in [-0.2, 0) is 37.7 Å². The molecule has 0 saturated carbocycles. The Bertz CT molecular complexity index is 279. The van der Waals surface area contributed by atoms with E-state index in [1.807, 2.05) is 0 Å². The smallest absolute Gasteiger partial charge is 0.736 e. The summed E-state index contributed by atoms with van der Waals surface area (Å²) in [4.78, 5) is 0. The number of rotatable bonds is 1. The summed E-state index contributed by atoms with van der Waals surface area (Å²) < 4.78 is 53.1. The maximum Gasteiger partial charge on any atom is 1.00 e. The summed E-state index contributed by atoms with van der Waals surface area (Å²) in [6.45, 7) is 4.25. The van der Waals surface area contributed by atoms with Crippen LogP contribution in [0.1, 0.15) is 0 Å². The van der Waals surface area contributed by atoms with Crippen LogP contribution in [0.5, 0.6) is 0 Å².